The summed E-state index contributed by atoms with van der Waals surface area (Å²) in [4.78, 5) is 32.8. The van der Waals surface area contributed by atoms with Crippen molar-refractivity contribution >= 4 is 34.8 Å². The van der Waals surface area contributed by atoms with Gasteiger partial charge in [0.15, 0.2) is 5.60 Å². The quantitative estimate of drug-likeness (QED) is 0.221. The molecule has 0 unspecified atom stereocenters. The molecule has 7 heteroatoms. The molecule has 222 valence electrons. The molecule has 6 nitrogen and oxygen atoms in total. The minimum atomic E-state index is -1.59. The summed E-state index contributed by atoms with van der Waals surface area (Å²) in [5.41, 5.74) is 5.99. The number of anilines is 2. The molecule has 3 aliphatic rings. The van der Waals surface area contributed by atoms with Crippen molar-refractivity contribution in [1.29, 1.82) is 0 Å². The van der Waals surface area contributed by atoms with E-state index in [0.717, 1.165) is 39.2 Å². The summed E-state index contributed by atoms with van der Waals surface area (Å²) in [5, 5.41) is 0.625. The largest absolute Gasteiger partial charge is 0.329 e. The van der Waals surface area contributed by atoms with Crippen LogP contribution in [0.1, 0.15) is 41.2 Å². The predicted molar refractivity (Wildman–Crippen MR) is 171 cm³/mol. The Labute approximate surface area is 262 Å². The average molecular weight is 605 g/mol. The lowest BCUT2D eigenvalue weighted by Gasteiger charge is -2.39. The summed E-state index contributed by atoms with van der Waals surface area (Å²) in [6, 6.07) is 31.2. The number of aryl methyl sites for hydroxylation is 2. The number of fused-ring (bicyclic) bond motifs is 3. The zero-order chi connectivity index (χ0) is 30.6. The average Bonchev–Trinajstić information content (AvgIpc) is 3.55. The summed E-state index contributed by atoms with van der Waals surface area (Å²) < 4.78 is 13.7. The third-order valence-corrected chi connectivity index (χ3v) is 9.19. The second kappa shape index (κ2) is 10.7. The van der Waals surface area contributed by atoms with Crippen molar-refractivity contribution in [2.24, 2.45) is 0 Å². The Bertz CT molecular complexity index is 1800. The minimum absolute atomic E-state index is 0.164. The van der Waals surface area contributed by atoms with Crippen molar-refractivity contribution in [2.45, 2.75) is 51.7 Å². The Hall–Kier alpha value is -4.23. The van der Waals surface area contributed by atoms with Crippen molar-refractivity contribution < 1.29 is 19.1 Å². The first-order valence-electron chi connectivity index (χ1n) is 15.0. The molecule has 1 spiro atoms. The van der Waals surface area contributed by atoms with Gasteiger partial charge in [0.25, 0.3) is 17.7 Å². The SMILES string of the molecule is CCO[C@@]12O[C@]3(CC1=C(Cc1ccc(Cl)cc1)C(=O)N2c1c(C)cccc1C)C(=O)N(Cc1ccccc1)c1ccccc13. The molecule has 44 heavy (non-hydrogen) atoms. The normalized spacial score (nSPS) is 22.4. The molecule has 3 aliphatic heterocycles. The van der Waals surface area contributed by atoms with Gasteiger partial charge in [-0.2, -0.15) is 0 Å². The summed E-state index contributed by atoms with van der Waals surface area (Å²) in [6.45, 7) is 6.52. The Balaban J connectivity index is 1.43. The molecular formula is C37H33ClN2O4. The van der Waals surface area contributed by atoms with E-state index in [4.69, 9.17) is 21.1 Å². The van der Waals surface area contributed by atoms with Crippen molar-refractivity contribution in [3.8, 4) is 0 Å². The summed E-state index contributed by atoms with van der Waals surface area (Å²) >= 11 is 6.20. The van der Waals surface area contributed by atoms with Crippen LogP contribution in [0.3, 0.4) is 0 Å². The molecule has 4 aromatic rings. The van der Waals surface area contributed by atoms with Crippen LogP contribution < -0.4 is 9.80 Å². The fraction of sp³-hybridized carbons (Fsp3) is 0.243. The maximum Gasteiger partial charge on any atom is 0.285 e. The number of amides is 2. The van der Waals surface area contributed by atoms with Gasteiger partial charge in [0.1, 0.15) is 0 Å². The molecule has 7 rings (SSSR count). The first-order valence-corrected chi connectivity index (χ1v) is 15.3. The number of ether oxygens (including phenoxy) is 2. The van der Waals surface area contributed by atoms with Crippen LogP contribution in [-0.4, -0.2) is 24.3 Å². The molecule has 1 saturated heterocycles. The molecule has 0 radical (unpaired) electrons. The minimum Gasteiger partial charge on any atom is -0.329 e. The number of halogens is 1. The maximum absolute atomic E-state index is 14.7. The highest BCUT2D eigenvalue weighted by molar-refractivity contribution is 6.30. The monoisotopic (exact) mass is 604 g/mol. The highest BCUT2D eigenvalue weighted by atomic mass is 35.5. The molecule has 0 aromatic heterocycles. The van der Waals surface area contributed by atoms with E-state index in [1.165, 1.54) is 0 Å². The molecule has 2 amide bonds. The van der Waals surface area contributed by atoms with Crippen LogP contribution in [0.15, 0.2) is 108 Å². The number of carbonyl (C=O) groups excluding carboxylic acids is 2. The van der Waals surface area contributed by atoms with Gasteiger partial charge in [-0.25, -0.2) is 0 Å². The van der Waals surface area contributed by atoms with Gasteiger partial charge in [0, 0.05) is 41.2 Å². The van der Waals surface area contributed by atoms with Crippen molar-refractivity contribution in [2.75, 3.05) is 16.4 Å². The van der Waals surface area contributed by atoms with Crippen molar-refractivity contribution in [3.63, 3.8) is 0 Å². The van der Waals surface area contributed by atoms with Crippen molar-refractivity contribution in [1.82, 2.24) is 0 Å². The van der Waals surface area contributed by atoms with E-state index in [2.05, 4.69) is 0 Å². The number of benzene rings is 4. The predicted octanol–water partition coefficient (Wildman–Crippen LogP) is 7.40. The van der Waals surface area contributed by atoms with E-state index in [1.54, 1.807) is 9.80 Å². The van der Waals surface area contributed by atoms with Crippen LogP contribution in [0.5, 0.6) is 0 Å². The zero-order valence-corrected chi connectivity index (χ0v) is 25.7. The number of rotatable bonds is 7. The van der Waals surface area contributed by atoms with E-state index >= 15 is 0 Å². The Morgan fingerprint density at radius 2 is 1.52 bits per heavy atom. The van der Waals surface area contributed by atoms with E-state index in [9.17, 15) is 9.59 Å². The van der Waals surface area contributed by atoms with E-state index in [0.29, 0.717) is 29.1 Å². The van der Waals surface area contributed by atoms with Crippen LogP contribution in [0.2, 0.25) is 5.02 Å². The van der Waals surface area contributed by atoms with Crippen LogP contribution in [-0.2, 0) is 37.6 Å². The summed E-state index contributed by atoms with van der Waals surface area (Å²) in [7, 11) is 0. The van der Waals surface area contributed by atoms with Crippen LogP contribution in [0.25, 0.3) is 0 Å². The lowest BCUT2D eigenvalue weighted by molar-refractivity contribution is -0.230. The Kier molecular flexibility index (Phi) is 6.96. The highest BCUT2D eigenvalue weighted by Crippen LogP contribution is 2.60. The van der Waals surface area contributed by atoms with Gasteiger partial charge in [-0.3, -0.25) is 14.5 Å². The van der Waals surface area contributed by atoms with Crippen LogP contribution >= 0.6 is 11.6 Å². The molecule has 1 fully saturated rings. The third kappa shape index (κ3) is 4.24. The second-order valence-corrected chi connectivity index (χ2v) is 12.1. The van der Waals surface area contributed by atoms with Gasteiger partial charge in [0.2, 0.25) is 0 Å². The summed E-state index contributed by atoms with van der Waals surface area (Å²) in [6.07, 6.45) is 0.550. The molecule has 2 atom stereocenters. The maximum atomic E-state index is 14.7. The molecule has 0 N–H and O–H groups in total. The number of nitrogens with zero attached hydrogens (tertiary/aromatic N) is 2. The van der Waals surface area contributed by atoms with E-state index in [-0.39, 0.29) is 24.8 Å². The third-order valence-electron chi connectivity index (χ3n) is 8.94. The second-order valence-electron chi connectivity index (χ2n) is 11.7. The van der Waals surface area contributed by atoms with Crippen molar-refractivity contribution in [3.05, 3.63) is 141 Å². The standard InChI is InChI=1S/C37H33ClN2O4/c1-4-43-37-31(22-36(44-37)30-15-8-9-16-32(30)39(35(36)42)23-27-13-6-5-7-14-27)29(21-26-17-19-28(38)20-18-26)34(41)40(37)33-24(2)11-10-12-25(33)3/h5-20H,4,21-23H2,1-3H3/t36-,37+/m0/s1. The fourth-order valence-corrected chi connectivity index (χ4v) is 7.15. The van der Waals surface area contributed by atoms with Crippen LogP contribution in [0, 0.1) is 13.8 Å². The smallest absolute Gasteiger partial charge is 0.285 e. The number of hydrogen-bond donors (Lipinski definition) is 0. The first kappa shape index (κ1) is 28.5. The number of para-hydroxylation sites is 2. The van der Waals surface area contributed by atoms with Gasteiger partial charge in [0.05, 0.1) is 17.9 Å². The lowest BCUT2D eigenvalue weighted by Crippen LogP contribution is -2.54. The highest BCUT2D eigenvalue weighted by Gasteiger charge is 2.70. The van der Waals surface area contributed by atoms with E-state index < -0.39 is 11.5 Å². The van der Waals surface area contributed by atoms with Gasteiger partial charge < -0.3 is 14.4 Å². The topological polar surface area (TPSA) is 59.1 Å². The van der Waals surface area contributed by atoms with Gasteiger partial charge in [-0.1, -0.05) is 90.5 Å². The van der Waals surface area contributed by atoms with Crippen LogP contribution in [0.4, 0.5) is 11.4 Å². The van der Waals surface area contributed by atoms with E-state index in [1.807, 2.05) is 118 Å². The molecule has 0 aliphatic carbocycles. The Morgan fingerprint density at radius 1 is 0.841 bits per heavy atom. The zero-order valence-electron chi connectivity index (χ0n) is 25.0. The number of hydrogen-bond acceptors (Lipinski definition) is 4. The van der Waals surface area contributed by atoms with Gasteiger partial charge >= 0.3 is 0 Å². The molecule has 3 heterocycles. The lowest BCUT2D eigenvalue weighted by atomic mass is 9.88. The Morgan fingerprint density at radius 3 is 2.23 bits per heavy atom. The molecular weight excluding hydrogens is 572 g/mol. The van der Waals surface area contributed by atoms with Gasteiger partial charge in [-0.05, 0) is 61.2 Å². The summed E-state index contributed by atoms with van der Waals surface area (Å²) in [5.74, 6) is -1.94. The molecule has 4 aromatic carbocycles. The molecule has 0 bridgehead atoms. The fourth-order valence-electron chi connectivity index (χ4n) is 7.03. The first-order chi connectivity index (χ1) is 21.3. The number of carbonyl (C=O) groups is 2. The van der Waals surface area contributed by atoms with Gasteiger partial charge in [-0.15, -0.1) is 0 Å². The molecule has 0 saturated carbocycles.